The first-order chi connectivity index (χ1) is 9.95. The average molecular weight is 316 g/mol. The summed E-state index contributed by atoms with van der Waals surface area (Å²) in [5.74, 6) is 0.00980. The van der Waals surface area contributed by atoms with E-state index in [9.17, 15) is 8.42 Å². The van der Waals surface area contributed by atoms with Gasteiger partial charge in [-0.1, -0.05) is 0 Å². The minimum Gasteiger partial charge on any atom is -0.383 e. The van der Waals surface area contributed by atoms with Crippen LogP contribution in [0.5, 0.6) is 0 Å². The van der Waals surface area contributed by atoms with Crippen molar-refractivity contribution in [2.75, 3.05) is 26.1 Å². The second kappa shape index (κ2) is 6.89. The van der Waals surface area contributed by atoms with Crippen molar-refractivity contribution < 1.29 is 17.9 Å². The van der Waals surface area contributed by atoms with Crippen molar-refractivity contribution in [1.82, 2.24) is 9.55 Å². The molecule has 2 heterocycles. The molecule has 1 aromatic rings. The van der Waals surface area contributed by atoms with E-state index in [2.05, 4.69) is 4.98 Å². The maximum Gasteiger partial charge on any atom is 0.228 e. The molecule has 0 aliphatic carbocycles. The fourth-order valence-corrected chi connectivity index (χ4v) is 4.31. The van der Waals surface area contributed by atoms with Crippen LogP contribution in [0.15, 0.2) is 5.16 Å². The minimum atomic E-state index is -3.45. The summed E-state index contributed by atoms with van der Waals surface area (Å²) in [5, 5.41) is 0.142. The molecular weight excluding hydrogens is 292 g/mol. The summed E-state index contributed by atoms with van der Waals surface area (Å²) in [6, 6.07) is 0. The molecule has 0 saturated carbocycles. The highest BCUT2D eigenvalue weighted by Crippen LogP contribution is 2.21. The predicted octanol–water partition coefficient (Wildman–Crippen LogP) is 1.49. The van der Waals surface area contributed by atoms with Gasteiger partial charge in [0.2, 0.25) is 15.0 Å². The lowest BCUT2D eigenvalue weighted by molar-refractivity contribution is 0.0304. The first kappa shape index (κ1) is 16.5. The maximum absolute atomic E-state index is 12.6. The summed E-state index contributed by atoms with van der Waals surface area (Å²) in [6.45, 7) is 5.31. The van der Waals surface area contributed by atoms with E-state index < -0.39 is 9.84 Å². The monoisotopic (exact) mass is 316 g/mol. The van der Waals surface area contributed by atoms with Crippen LogP contribution in [-0.2, 0) is 25.9 Å². The number of aromatic nitrogens is 2. The number of imidazole rings is 1. The Morgan fingerprint density at radius 2 is 2.14 bits per heavy atom. The van der Waals surface area contributed by atoms with E-state index in [1.807, 2.05) is 13.8 Å². The van der Waals surface area contributed by atoms with E-state index in [1.165, 1.54) is 0 Å². The number of ether oxygens (including phenoxy) is 2. The molecular formula is C14H24N2O4S. The molecule has 120 valence electrons. The van der Waals surface area contributed by atoms with Crippen molar-refractivity contribution in [2.45, 2.75) is 50.9 Å². The lowest BCUT2D eigenvalue weighted by atomic mass is 10.1. The van der Waals surface area contributed by atoms with Gasteiger partial charge in [0.25, 0.3) is 0 Å². The number of aryl methyl sites for hydroxylation is 1. The molecule has 0 aromatic carbocycles. The number of rotatable bonds is 6. The fraction of sp³-hybridized carbons (Fsp3) is 0.786. The van der Waals surface area contributed by atoms with Gasteiger partial charge < -0.3 is 14.0 Å². The van der Waals surface area contributed by atoms with Gasteiger partial charge in [-0.15, -0.1) is 0 Å². The molecule has 1 aliphatic heterocycles. The molecule has 0 spiro atoms. The van der Waals surface area contributed by atoms with Gasteiger partial charge in [0.1, 0.15) is 0 Å². The van der Waals surface area contributed by atoms with E-state index in [0.717, 1.165) is 30.7 Å². The van der Waals surface area contributed by atoms with Gasteiger partial charge in [0.15, 0.2) is 0 Å². The van der Waals surface area contributed by atoms with Crippen LogP contribution in [0.2, 0.25) is 0 Å². The molecule has 1 fully saturated rings. The lowest BCUT2D eigenvalue weighted by Crippen LogP contribution is -2.29. The van der Waals surface area contributed by atoms with Gasteiger partial charge in [-0.3, -0.25) is 0 Å². The quantitative estimate of drug-likeness (QED) is 0.795. The van der Waals surface area contributed by atoms with Crippen molar-refractivity contribution >= 4 is 9.84 Å². The molecule has 1 atom stereocenters. The van der Waals surface area contributed by atoms with Crippen molar-refractivity contribution in [1.29, 1.82) is 0 Å². The lowest BCUT2D eigenvalue weighted by Gasteiger charge is -2.22. The number of hydrogen-bond acceptors (Lipinski definition) is 5. The summed E-state index contributed by atoms with van der Waals surface area (Å²) in [5.41, 5.74) is 1.62. The molecule has 21 heavy (non-hydrogen) atoms. The molecule has 0 bridgehead atoms. The fourth-order valence-electron chi connectivity index (χ4n) is 2.56. The second-order valence-corrected chi connectivity index (χ2v) is 7.41. The summed E-state index contributed by atoms with van der Waals surface area (Å²) in [7, 11) is -1.85. The van der Waals surface area contributed by atoms with Gasteiger partial charge >= 0.3 is 0 Å². The van der Waals surface area contributed by atoms with E-state index >= 15 is 0 Å². The normalized spacial score (nSPS) is 19.9. The predicted molar refractivity (Wildman–Crippen MR) is 79.2 cm³/mol. The average Bonchev–Trinajstić information content (AvgIpc) is 2.74. The van der Waals surface area contributed by atoms with Gasteiger partial charge in [-0.2, -0.15) is 0 Å². The molecule has 1 unspecified atom stereocenters. The molecule has 1 aliphatic rings. The van der Waals surface area contributed by atoms with Crippen LogP contribution in [0.25, 0.3) is 0 Å². The van der Waals surface area contributed by atoms with Gasteiger partial charge in [0, 0.05) is 26.0 Å². The zero-order valence-electron chi connectivity index (χ0n) is 13.0. The highest BCUT2D eigenvalue weighted by molar-refractivity contribution is 7.91. The third kappa shape index (κ3) is 3.84. The highest BCUT2D eigenvalue weighted by Gasteiger charge is 2.28. The van der Waals surface area contributed by atoms with Gasteiger partial charge in [-0.25, -0.2) is 13.4 Å². The summed E-state index contributed by atoms with van der Waals surface area (Å²) in [6.07, 6.45) is 2.63. The second-order valence-electron chi connectivity index (χ2n) is 5.48. The Balaban J connectivity index is 2.24. The number of hydrogen-bond donors (Lipinski definition) is 0. The first-order valence-electron chi connectivity index (χ1n) is 7.32. The Labute approximate surface area is 126 Å². The summed E-state index contributed by atoms with van der Waals surface area (Å²) >= 11 is 0. The van der Waals surface area contributed by atoms with Crippen LogP contribution in [0.4, 0.5) is 0 Å². The van der Waals surface area contributed by atoms with Gasteiger partial charge in [-0.05, 0) is 33.1 Å². The zero-order valence-corrected chi connectivity index (χ0v) is 13.8. The smallest absolute Gasteiger partial charge is 0.228 e. The molecule has 0 N–H and O–H groups in total. The van der Waals surface area contributed by atoms with Crippen molar-refractivity contribution in [3.63, 3.8) is 0 Å². The van der Waals surface area contributed by atoms with Crippen LogP contribution < -0.4 is 0 Å². The van der Waals surface area contributed by atoms with E-state index in [4.69, 9.17) is 9.47 Å². The van der Waals surface area contributed by atoms with Gasteiger partial charge in [0.05, 0.1) is 24.2 Å². The number of nitrogens with zero attached hydrogens (tertiary/aromatic N) is 2. The van der Waals surface area contributed by atoms with E-state index in [-0.39, 0.29) is 17.0 Å². The third-order valence-electron chi connectivity index (χ3n) is 3.90. The summed E-state index contributed by atoms with van der Waals surface area (Å²) < 4.78 is 37.6. The van der Waals surface area contributed by atoms with Crippen molar-refractivity contribution in [2.24, 2.45) is 0 Å². The molecule has 2 rings (SSSR count). The summed E-state index contributed by atoms with van der Waals surface area (Å²) in [4.78, 5) is 4.26. The molecule has 7 heteroatoms. The maximum atomic E-state index is 12.6. The molecule has 6 nitrogen and oxygen atoms in total. The Morgan fingerprint density at radius 3 is 2.76 bits per heavy atom. The molecule has 1 aromatic heterocycles. The minimum absolute atomic E-state index is 0.00980. The Morgan fingerprint density at radius 1 is 1.38 bits per heavy atom. The van der Waals surface area contributed by atoms with E-state index in [1.54, 1.807) is 11.7 Å². The van der Waals surface area contributed by atoms with Crippen LogP contribution in [0, 0.1) is 13.8 Å². The van der Waals surface area contributed by atoms with Crippen molar-refractivity contribution in [3.8, 4) is 0 Å². The van der Waals surface area contributed by atoms with Crippen molar-refractivity contribution in [3.05, 3.63) is 11.4 Å². The molecule has 0 amide bonds. The topological polar surface area (TPSA) is 70.4 Å². The van der Waals surface area contributed by atoms with Crippen LogP contribution in [-0.4, -0.2) is 50.1 Å². The van der Waals surface area contributed by atoms with Crippen LogP contribution in [0.1, 0.15) is 30.7 Å². The highest BCUT2D eigenvalue weighted by atomic mass is 32.2. The Bertz CT molecular complexity index is 574. The van der Waals surface area contributed by atoms with Crippen LogP contribution >= 0.6 is 0 Å². The van der Waals surface area contributed by atoms with E-state index in [0.29, 0.717) is 19.8 Å². The SMILES string of the molecule is COCCn1c(S(=O)(=O)CC2CCCCO2)nc(C)c1C. The Kier molecular flexibility index (Phi) is 5.40. The van der Waals surface area contributed by atoms with Crippen LogP contribution in [0.3, 0.4) is 0 Å². The standard InChI is InChI=1S/C14H24N2O4S/c1-11-12(2)16(7-9-19-3)14(15-11)21(17,18)10-13-6-4-5-8-20-13/h13H,4-10H2,1-3H3. The molecule has 1 saturated heterocycles. The third-order valence-corrected chi connectivity index (χ3v) is 5.58. The molecule has 0 radical (unpaired) electrons. The number of methoxy groups -OCH3 is 1. The first-order valence-corrected chi connectivity index (χ1v) is 8.98. The number of sulfone groups is 1. The largest absolute Gasteiger partial charge is 0.383 e. The Hall–Kier alpha value is -0.920. The zero-order chi connectivity index (χ0) is 15.5.